The van der Waals surface area contributed by atoms with Crippen molar-refractivity contribution in [2.45, 2.75) is 32.7 Å². The van der Waals surface area contributed by atoms with Gasteiger partial charge in [-0.05, 0) is 19.4 Å². The number of nitrogens with zero attached hydrogens (tertiary/aromatic N) is 1. The van der Waals surface area contributed by atoms with E-state index in [4.69, 9.17) is 9.47 Å². The number of methoxy groups -OCH3 is 2. The summed E-state index contributed by atoms with van der Waals surface area (Å²) >= 11 is 0. The maximum atomic E-state index is 5.19. The molecular formula is C14H32N2O2. The minimum Gasteiger partial charge on any atom is -0.385 e. The molecule has 110 valence electrons. The first kappa shape index (κ1) is 17.8. The predicted octanol–water partition coefficient (Wildman–Crippen LogP) is 1.61. The molecule has 0 rings (SSSR count). The smallest absolute Gasteiger partial charge is 0.0589 e. The highest BCUT2D eigenvalue weighted by atomic mass is 16.5. The Bertz CT molecular complexity index is 179. The van der Waals surface area contributed by atoms with Crippen molar-refractivity contribution in [3.63, 3.8) is 0 Å². The molecule has 0 amide bonds. The Labute approximate surface area is 113 Å². The van der Waals surface area contributed by atoms with Crippen LogP contribution >= 0.6 is 0 Å². The number of ether oxygens (including phenoxy) is 2. The molecule has 0 aromatic rings. The summed E-state index contributed by atoms with van der Waals surface area (Å²) in [5, 5.41) is 3.44. The van der Waals surface area contributed by atoms with Crippen molar-refractivity contribution in [3.8, 4) is 0 Å². The van der Waals surface area contributed by atoms with Crippen LogP contribution in [0.5, 0.6) is 0 Å². The average Bonchev–Trinajstić information content (AvgIpc) is 2.40. The lowest BCUT2D eigenvalue weighted by atomic mass is 9.99. The molecule has 2 atom stereocenters. The van der Waals surface area contributed by atoms with Crippen molar-refractivity contribution in [1.82, 2.24) is 10.2 Å². The molecule has 0 aromatic carbocycles. The van der Waals surface area contributed by atoms with Crippen LogP contribution in [0.3, 0.4) is 0 Å². The zero-order chi connectivity index (χ0) is 13.8. The second-order valence-electron chi connectivity index (χ2n) is 4.92. The van der Waals surface area contributed by atoms with Gasteiger partial charge in [-0.2, -0.15) is 0 Å². The second-order valence-corrected chi connectivity index (χ2v) is 4.92. The lowest BCUT2D eigenvalue weighted by Gasteiger charge is -2.30. The number of likely N-dealkylation sites (N-methyl/N-ethyl adjacent to an activating group) is 1. The summed E-state index contributed by atoms with van der Waals surface area (Å²) in [6.07, 6.45) is 2.29. The number of hydrogen-bond acceptors (Lipinski definition) is 4. The fourth-order valence-electron chi connectivity index (χ4n) is 2.07. The quantitative estimate of drug-likeness (QED) is 0.541. The fourth-order valence-corrected chi connectivity index (χ4v) is 2.07. The van der Waals surface area contributed by atoms with Gasteiger partial charge in [0.2, 0.25) is 0 Å². The highest BCUT2D eigenvalue weighted by Gasteiger charge is 2.17. The maximum Gasteiger partial charge on any atom is 0.0589 e. The molecule has 0 aliphatic heterocycles. The van der Waals surface area contributed by atoms with E-state index in [2.05, 4.69) is 31.1 Å². The van der Waals surface area contributed by atoms with E-state index in [1.807, 2.05) is 0 Å². The van der Waals surface area contributed by atoms with Gasteiger partial charge in [-0.3, -0.25) is 4.90 Å². The van der Waals surface area contributed by atoms with Crippen molar-refractivity contribution in [3.05, 3.63) is 0 Å². The van der Waals surface area contributed by atoms with E-state index in [1.165, 1.54) is 6.42 Å². The fraction of sp³-hybridized carbons (Fsp3) is 1.00. The highest BCUT2D eigenvalue weighted by Crippen LogP contribution is 2.09. The molecule has 0 fully saturated rings. The van der Waals surface area contributed by atoms with Crippen LogP contribution < -0.4 is 5.32 Å². The molecule has 1 N–H and O–H groups in total. The summed E-state index contributed by atoms with van der Waals surface area (Å²) in [5.41, 5.74) is 0. The summed E-state index contributed by atoms with van der Waals surface area (Å²) < 4.78 is 10.3. The third-order valence-corrected chi connectivity index (χ3v) is 3.59. The minimum atomic E-state index is 0.550. The van der Waals surface area contributed by atoms with Crippen LogP contribution in [0.2, 0.25) is 0 Å². The first-order chi connectivity index (χ1) is 8.69. The van der Waals surface area contributed by atoms with E-state index < -0.39 is 0 Å². The van der Waals surface area contributed by atoms with Gasteiger partial charge in [-0.25, -0.2) is 0 Å². The number of nitrogens with one attached hydrogen (secondary N) is 1. The van der Waals surface area contributed by atoms with Gasteiger partial charge in [0.1, 0.15) is 0 Å². The molecular weight excluding hydrogens is 228 g/mol. The molecule has 0 radical (unpaired) electrons. The largest absolute Gasteiger partial charge is 0.385 e. The molecule has 4 nitrogen and oxygen atoms in total. The summed E-state index contributed by atoms with van der Waals surface area (Å²) in [6.45, 7) is 9.34. The molecule has 0 bridgehead atoms. The topological polar surface area (TPSA) is 33.7 Å². The maximum absolute atomic E-state index is 5.19. The average molecular weight is 260 g/mol. The van der Waals surface area contributed by atoms with E-state index in [9.17, 15) is 0 Å². The van der Waals surface area contributed by atoms with Crippen molar-refractivity contribution in [2.75, 3.05) is 54.1 Å². The second kappa shape index (κ2) is 11.9. The van der Waals surface area contributed by atoms with E-state index in [-0.39, 0.29) is 0 Å². The lowest BCUT2D eigenvalue weighted by molar-refractivity contribution is 0.121. The van der Waals surface area contributed by atoms with Crippen LogP contribution in [0.1, 0.15) is 26.7 Å². The Morgan fingerprint density at radius 1 is 1.11 bits per heavy atom. The van der Waals surface area contributed by atoms with Gasteiger partial charge >= 0.3 is 0 Å². The van der Waals surface area contributed by atoms with Crippen molar-refractivity contribution >= 4 is 0 Å². The number of rotatable bonds is 12. The van der Waals surface area contributed by atoms with Crippen LogP contribution in [0, 0.1) is 5.92 Å². The minimum absolute atomic E-state index is 0.550. The van der Waals surface area contributed by atoms with Crippen molar-refractivity contribution < 1.29 is 9.47 Å². The Balaban J connectivity index is 4.16. The molecule has 4 heteroatoms. The monoisotopic (exact) mass is 260 g/mol. The first-order valence-electron chi connectivity index (χ1n) is 7.07. The molecule has 0 spiro atoms. The molecule has 0 saturated heterocycles. The lowest BCUT2D eigenvalue weighted by Crippen LogP contribution is -2.44. The van der Waals surface area contributed by atoms with E-state index >= 15 is 0 Å². The molecule has 0 heterocycles. The van der Waals surface area contributed by atoms with Crippen LogP contribution in [0.4, 0.5) is 0 Å². The van der Waals surface area contributed by atoms with Crippen LogP contribution in [-0.2, 0) is 9.47 Å². The predicted molar refractivity (Wildman–Crippen MR) is 77.1 cm³/mol. The molecule has 0 aliphatic carbocycles. The van der Waals surface area contributed by atoms with E-state index in [1.54, 1.807) is 14.2 Å². The Kier molecular flexibility index (Phi) is 11.8. The van der Waals surface area contributed by atoms with Crippen molar-refractivity contribution in [2.24, 2.45) is 5.92 Å². The van der Waals surface area contributed by atoms with Gasteiger partial charge in [0.15, 0.2) is 0 Å². The van der Waals surface area contributed by atoms with Crippen molar-refractivity contribution in [1.29, 1.82) is 0 Å². The number of hydrogen-bond donors (Lipinski definition) is 1. The first-order valence-corrected chi connectivity index (χ1v) is 7.07. The van der Waals surface area contributed by atoms with Gasteiger partial charge in [-0.1, -0.05) is 20.3 Å². The van der Waals surface area contributed by atoms with Crippen LogP contribution in [0.15, 0.2) is 0 Å². The summed E-state index contributed by atoms with van der Waals surface area (Å²) in [7, 11) is 5.58. The molecule has 0 saturated carbocycles. The van der Waals surface area contributed by atoms with E-state index in [0.29, 0.717) is 12.0 Å². The summed E-state index contributed by atoms with van der Waals surface area (Å²) in [6, 6.07) is 0.550. The van der Waals surface area contributed by atoms with Gasteiger partial charge in [0.25, 0.3) is 0 Å². The van der Waals surface area contributed by atoms with Gasteiger partial charge < -0.3 is 14.8 Å². The van der Waals surface area contributed by atoms with Gasteiger partial charge in [0.05, 0.1) is 6.61 Å². The van der Waals surface area contributed by atoms with E-state index in [0.717, 1.165) is 39.3 Å². The Morgan fingerprint density at radius 2 is 1.78 bits per heavy atom. The Hall–Kier alpha value is -0.160. The molecule has 0 aromatic heterocycles. The van der Waals surface area contributed by atoms with Gasteiger partial charge in [0, 0.05) is 46.5 Å². The standard InChI is InChI=1S/C14H32N2O2/c1-6-13(2)14(15-3)12-16(9-11-18-5)8-7-10-17-4/h13-15H,6-12H2,1-5H3. The molecule has 0 aliphatic rings. The third-order valence-electron chi connectivity index (χ3n) is 3.59. The normalized spacial score (nSPS) is 15.0. The third kappa shape index (κ3) is 8.03. The Morgan fingerprint density at radius 3 is 2.28 bits per heavy atom. The molecule has 18 heavy (non-hydrogen) atoms. The van der Waals surface area contributed by atoms with Gasteiger partial charge in [-0.15, -0.1) is 0 Å². The molecule has 2 unspecified atom stereocenters. The summed E-state index contributed by atoms with van der Waals surface area (Å²) in [4.78, 5) is 2.47. The SMILES string of the molecule is CCC(C)C(CN(CCCOC)CCOC)NC. The van der Waals surface area contributed by atoms with Crippen LogP contribution in [0.25, 0.3) is 0 Å². The zero-order valence-electron chi connectivity index (χ0n) is 12.9. The zero-order valence-corrected chi connectivity index (χ0v) is 12.9. The summed E-state index contributed by atoms with van der Waals surface area (Å²) in [5.74, 6) is 0.697. The van der Waals surface area contributed by atoms with Crippen LogP contribution in [-0.4, -0.2) is 65.1 Å². The highest BCUT2D eigenvalue weighted by molar-refractivity contribution is 4.75.